The molecular weight excluding hydrogens is 435 g/mol. The molecule has 0 fully saturated rings. The van der Waals surface area contributed by atoms with Gasteiger partial charge in [-0.05, 0) is 42.5 Å². The predicted molar refractivity (Wildman–Crippen MR) is 117 cm³/mol. The summed E-state index contributed by atoms with van der Waals surface area (Å²) in [6, 6.07) is 16.2. The Hall–Kier alpha value is -2.73. The van der Waals surface area contributed by atoms with E-state index < -0.39 is 5.91 Å². The normalized spacial score (nSPS) is 10.3. The fraction of sp³-hybridized carbons (Fsp3) is 0.0476. The second kappa shape index (κ2) is 9.18. The lowest BCUT2D eigenvalue weighted by atomic mass is 10.2. The minimum atomic E-state index is -0.401. The van der Waals surface area contributed by atoms with E-state index in [-0.39, 0.29) is 16.5 Å². The highest BCUT2D eigenvalue weighted by Crippen LogP contribution is 2.30. The molecule has 0 atom stereocenters. The molecule has 148 valence electrons. The van der Waals surface area contributed by atoms with E-state index in [0.717, 1.165) is 0 Å². The summed E-state index contributed by atoms with van der Waals surface area (Å²) < 4.78 is 5.34. The molecule has 0 radical (unpaired) electrons. The zero-order valence-corrected chi connectivity index (χ0v) is 17.4. The molecule has 2 amide bonds. The van der Waals surface area contributed by atoms with Crippen molar-refractivity contribution in [3.63, 3.8) is 0 Å². The molecule has 0 spiro atoms. The number of halogens is 3. The van der Waals surface area contributed by atoms with Crippen molar-refractivity contribution in [2.75, 3.05) is 17.7 Å². The molecule has 3 aromatic carbocycles. The number of ether oxygens (including phenoxy) is 1. The highest BCUT2D eigenvalue weighted by Gasteiger charge is 2.15. The Morgan fingerprint density at radius 2 is 1.48 bits per heavy atom. The Labute approximate surface area is 182 Å². The van der Waals surface area contributed by atoms with E-state index in [9.17, 15) is 9.59 Å². The Kier molecular flexibility index (Phi) is 6.64. The number of benzene rings is 3. The Morgan fingerprint density at radius 3 is 2.17 bits per heavy atom. The second-order valence-electron chi connectivity index (χ2n) is 5.93. The minimum absolute atomic E-state index is 0.241. The van der Waals surface area contributed by atoms with Crippen molar-refractivity contribution in [1.82, 2.24) is 0 Å². The van der Waals surface area contributed by atoms with Crippen LogP contribution in [0.5, 0.6) is 5.75 Å². The van der Waals surface area contributed by atoms with Gasteiger partial charge in [-0.3, -0.25) is 9.59 Å². The smallest absolute Gasteiger partial charge is 0.257 e. The Balaban J connectivity index is 1.79. The van der Waals surface area contributed by atoms with Crippen LogP contribution in [-0.2, 0) is 0 Å². The van der Waals surface area contributed by atoms with Crippen LogP contribution >= 0.6 is 34.8 Å². The standard InChI is InChI=1S/C21H15Cl3N2O3/c1-29-19-11-13(25-20(27)15-8-6-12(22)10-17(15)24)7-9-18(19)26-21(28)14-4-2-3-5-16(14)23/h2-11H,1H3,(H,25,27)(H,26,28). The Morgan fingerprint density at radius 1 is 0.793 bits per heavy atom. The number of carbonyl (C=O) groups is 2. The molecular formula is C21H15Cl3N2O3. The fourth-order valence-electron chi connectivity index (χ4n) is 2.58. The molecule has 29 heavy (non-hydrogen) atoms. The zero-order valence-electron chi connectivity index (χ0n) is 15.1. The van der Waals surface area contributed by atoms with Crippen LogP contribution < -0.4 is 15.4 Å². The van der Waals surface area contributed by atoms with Crippen molar-refractivity contribution in [1.29, 1.82) is 0 Å². The van der Waals surface area contributed by atoms with Gasteiger partial charge in [0, 0.05) is 16.8 Å². The summed E-state index contributed by atoms with van der Waals surface area (Å²) in [5, 5.41) is 6.50. The molecule has 0 aliphatic rings. The van der Waals surface area contributed by atoms with E-state index >= 15 is 0 Å². The molecule has 0 aromatic heterocycles. The van der Waals surface area contributed by atoms with Crippen LogP contribution in [0.2, 0.25) is 15.1 Å². The van der Waals surface area contributed by atoms with Gasteiger partial charge in [0.05, 0.1) is 34.0 Å². The number of hydrogen-bond donors (Lipinski definition) is 2. The van der Waals surface area contributed by atoms with Gasteiger partial charge >= 0.3 is 0 Å². The summed E-state index contributed by atoms with van der Waals surface area (Å²) in [6.45, 7) is 0. The summed E-state index contributed by atoms with van der Waals surface area (Å²) in [4.78, 5) is 24.9. The third-order valence-corrected chi connectivity index (χ3v) is 4.88. The SMILES string of the molecule is COc1cc(NC(=O)c2ccc(Cl)cc2Cl)ccc1NC(=O)c1ccccc1Cl. The van der Waals surface area contributed by atoms with Crippen molar-refractivity contribution in [2.24, 2.45) is 0 Å². The predicted octanol–water partition coefficient (Wildman–Crippen LogP) is 6.16. The monoisotopic (exact) mass is 448 g/mol. The molecule has 0 saturated carbocycles. The molecule has 3 rings (SSSR count). The molecule has 2 N–H and O–H groups in total. The first-order chi connectivity index (χ1) is 13.9. The van der Waals surface area contributed by atoms with Crippen molar-refractivity contribution in [2.45, 2.75) is 0 Å². The Bertz CT molecular complexity index is 1090. The van der Waals surface area contributed by atoms with Gasteiger partial charge in [0.2, 0.25) is 0 Å². The molecule has 0 aliphatic carbocycles. The van der Waals surface area contributed by atoms with Gasteiger partial charge in [-0.15, -0.1) is 0 Å². The molecule has 0 bridgehead atoms. The van der Waals surface area contributed by atoms with Crippen LogP contribution in [0.1, 0.15) is 20.7 Å². The van der Waals surface area contributed by atoms with Gasteiger partial charge in [-0.25, -0.2) is 0 Å². The lowest BCUT2D eigenvalue weighted by molar-refractivity contribution is 0.101. The van der Waals surface area contributed by atoms with Crippen LogP contribution in [0.15, 0.2) is 60.7 Å². The van der Waals surface area contributed by atoms with E-state index in [1.54, 1.807) is 48.5 Å². The summed E-state index contributed by atoms with van der Waals surface area (Å²) >= 11 is 18.0. The van der Waals surface area contributed by atoms with E-state index in [0.29, 0.717) is 32.7 Å². The van der Waals surface area contributed by atoms with E-state index in [2.05, 4.69) is 10.6 Å². The quantitative estimate of drug-likeness (QED) is 0.490. The van der Waals surface area contributed by atoms with Crippen molar-refractivity contribution in [3.8, 4) is 5.75 Å². The summed E-state index contributed by atoms with van der Waals surface area (Å²) in [6.07, 6.45) is 0. The maximum absolute atomic E-state index is 12.5. The second-order valence-corrected chi connectivity index (χ2v) is 7.18. The lowest BCUT2D eigenvalue weighted by Gasteiger charge is -2.13. The van der Waals surface area contributed by atoms with Gasteiger partial charge in [0.15, 0.2) is 0 Å². The van der Waals surface area contributed by atoms with Crippen molar-refractivity contribution >= 4 is 58.0 Å². The summed E-state index contributed by atoms with van der Waals surface area (Å²) in [7, 11) is 1.46. The van der Waals surface area contributed by atoms with Crippen LogP contribution in [0, 0.1) is 0 Å². The summed E-state index contributed by atoms with van der Waals surface area (Å²) in [5.74, 6) is -0.411. The van der Waals surface area contributed by atoms with Gasteiger partial charge in [0.1, 0.15) is 5.75 Å². The largest absolute Gasteiger partial charge is 0.494 e. The van der Waals surface area contributed by atoms with Crippen molar-refractivity contribution in [3.05, 3.63) is 86.9 Å². The van der Waals surface area contributed by atoms with Gasteiger partial charge in [-0.1, -0.05) is 46.9 Å². The zero-order chi connectivity index (χ0) is 21.0. The third-order valence-electron chi connectivity index (χ3n) is 4.00. The summed E-state index contributed by atoms with van der Waals surface area (Å²) in [5.41, 5.74) is 1.52. The maximum atomic E-state index is 12.5. The molecule has 0 aliphatic heterocycles. The molecule has 0 unspecified atom stereocenters. The minimum Gasteiger partial charge on any atom is -0.494 e. The first kappa shape index (κ1) is 21.0. The number of amides is 2. The average molecular weight is 450 g/mol. The molecule has 0 heterocycles. The third kappa shape index (κ3) is 5.01. The van der Waals surface area contributed by atoms with Crippen LogP contribution in [0.4, 0.5) is 11.4 Å². The van der Waals surface area contributed by atoms with Crippen molar-refractivity contribution < 1.29 is 14.3 Å². The van der Waals surface area contributed by atoms with E-state index in [4.69, 9.17) is 39.5 Å². The number of methoxy groups -OCH3 is 1. The van der Waals surface area contributed by atoms with Crippen LogP contribution in [0.25, 0.3) is 0 Å². The molecule has 0 saturated heterocycles. The highest BCUT2D eigenvalue weighted by molar-refractivity contribution is 6.37. The first-order valence-corrected chi connectivity index (χ1v) is 9.52. The van der Waals surface area contributed by atoms with Gasteiger partial charge < -0.3 is 15.4 Å². The fourth-order valence-corrected chi connectivity index (χ4v) is 3.30. The molecule has 3 aromatic rings. The lowest BCUT2D eigenvalue weighted by Crippen LogP contribution is -2.14. The topological polar surface area (TPSA) is 67.4 Å². The number of carbonyl (C=O) groups excluding carboxylic acids is 2. The number of hydrogen-bond acceptors (Lipinski definition) is 3. The van der Waals surface area contributed by atoms with E-state index in [1.165, 1.54) is 19.2 Å². The van der Waals surface area contributed by atoms with Gasteiger partial charge in [-0.2, -0.15) is 0 Å². The number of rotatable bonds is 5. The van der Waals surface area contributed by atoms with Crippen LogP contribution in [-0.4, -0.2) is 18.9 Å². The van der Waals surface area contributed by atoms with Crippen LogP contribution in [0.3, 0.4) is 0 Å². The number of anilines is 2. The number of nitrogens with one attached hydrogen (secondary N) is 2. The van der Waals surface area contributed by atoms with E-state index in [1.807, 2.05) is 0 Å². The first-order valence-electron chi connectivity index (χ1n) is 8.39. The average Bonchev–Trinajstić information content (AvgIpc) is 2.69. The highest BCUT2D eigenvalue weighted by atomic mass is 35.5. The maximum Gasteiger partial charge on any atom is 0.257 e. The van der Waals surface area contributed by atoms with Gasteiger partial charge in [0.25, 0.3) is 11.8 Å². The molecule has 5 nitrogen and oxygen atoms in total. The molecule has 8 heteroatoms.